The number of alkyl halides is 2. The molecule has 0 aliphatic carbocycles. The van der Waals surface area contributed by atoms with E-state index in [1.807, 2.05) is 31.2 Å². The van der Waals surface area contributed by atoms with E-state index in [2.05, 4.69) is 10.1 Å². The first-order valence-corrected chi connectivity index (χ1v) is 8.53. The van der Waals surface area contributed by atoms with Crippen LogP contribution < -0.4 is 0 Å². The Labute approximate surface area is 155 Å². The lowest BCUT2D eigenvalue weighted by atomic mass is 9.99. The lowest BCUT2D eigenvalue weighted by molar-refractivity contribution is 0.00755. The first kappa shape index (κ1) is 18.7. The van der Waals surface area contributed by atoms with Crippen molar-refractivity contribution in [2.75, 3.05) is 0 Å². The smallest absolute Gasteiger partial charge is 0.336 e. The lowest BCUT2D eigenvalue weighted by Gasteiger charge is -2.09. The second-order valence-corrected chi connectivity index (χ2v) is 6.30. The molecule has 1 heterocycles. The zero-order valence-electron chi connectivity index (χ0n) is 15.0. The van der Waals surface area contributed by atoms with E-state index in [-0.39, 0.29) is 5.56 Å². The highest BCUT2D eigenvalue weighted by atomic mass is 19.3. The molecule has 0 atom stereocenters. The number of halogens is 2. The summed E-state index contributed by atoms with van der Waals surface area (Å²) in [6, 6.07) is 14.1. The number of carboxylic acids is 1. The maximum Gasteiger partial charge on any atom is 0.336 e. The molecule has 1 N–H and O–H groups in total. The number of aryl methyl sites for hydroxylation is 1. The molecule has 140 valence electrons. The van der Waals surface area contributed by atoms with E-state index in [0.717, 1.165) is 18.1 Å². The number of rotatable bonds is 6. The fraction of sp³-hybridized carbons (Fsp3) is 0.250. The largest absolute Gasteiger partial charge is 0.478 e. The van der Waals surface area contributed by atoms with Crippen molar-refractivity contribution >= 4 is 5.97 Å². The molecule has 0 bridgehead atoms. The molecule has 0 amide bonds. The second-order valence-electron chi connectivity index (χ2n) is 6.30. The van der Waals surface area contributed by atoms with E-state index < -0.39 is 17.7 Å². The fourth-order valence-corrected chi connectivity index (χ4v) is 2.83. The Morgan fingerprint density at radius 3 is 2.41 bits per heavy atom. The zero-order valence-corrected chi connectivity index (χ0v) is 15.0. The van der Waals surface area contributed by atoms with Crippen LogP contribution in [0.3, 0.4) is 0 Å². The summed E-state index contributed by atoms with van der Waals surface area (Å²) < 4.78 is 28.4. The first-order valence-electron chi connectivity index (χ1n) is 8.53. The molecular formula is C20H19F2N3O2. The van der Waals surface area contributed by atoms with E-state index in [0.29, 0.717) is 24.4 Å². The van der Waals surface area contributed by atoms with Gasteiger partial charge in [-0.25, -0.2) is 14.5 Å². The summed E-state index contributed by atoms with van der Waals surface area (Å²) in [6.45, 7) is 2.93. The van der Waals surface area contributed by atoms with Crippen molar-refractivity contribution in [1.82, 2.24) is 14.8 Å². The molecule has 0 saturated heterocycles. The normalized spacial score (nSPS) is 11.6. The van der Waals surface area contributed by atoms with Crippen molar-refractivity contribution in [3.63, 3.8) is 0 Å². The molecule has 7 heteroatoms. The molecule has 0 radical (unpaired) electrons. The number of carboxylic acid groups (broad SMARTS) is 1. The van der Waals surface area contributed by atoms with Gasteiger partial charge >= 0.3 is 11.9 Å². The third-order valence-corrected chi connectivity index (χ3v) is 4.21. The predicted octanol–water partition coefficient (Wildman–Crippen LogP) is 4.37. The Morgan fingerprint density at radius 2 is 1.81 bits per heavy atom. The van der Waals surface area contributed by atoms with Crippen molar-refractivity contribution in [1.29, 1.82) is 0 Å². The SMILES string of the molecule is CCc1nc(C(C)(F)F)nn1Cc1ccc(-c2ccccc2C(=O)O)cc1. The average molecular weight is 371 g/mol. The highest BCUT2D eigenvalue weighted by Gasteiger charge is 2.30. The van der Waals surface area contributed by atoms with E-state index in [1.165, 1.54) is 4.68 Å². The molecule has 0 aliphatic rings. The van der Waals surface area contributed by atoms with E-state index >= 15 is 0 Å². The van der Waals surface area contributed by atoms with Gasteiger partial charge in [0.2, 0.25) is 5.82 Å². The molecule has 27 heavy (non-hydrogen) atoms. The standard InChI is InChI=1S/C20H19F2N3O2/c1-3-17-23-19(20(2,21)22)24-25(17)12-13-8-10-14(11-9-13)15-6-4-5-7-16(15)18(26)27/h4-11H,3,12H2,1-2H3,(H,26,27). The first-order chi connectivity index (χ1) is 12.8. The van der Waals surface area contributed by atoms with Crippen LogP contribution in [0.2, 0.25) is 0 Å². The van der Waals surface area contributed by atoms with E-state index in [9.17, 15) is 18.7 Å². The number of hydrogen-bond acceptors (Lipinski definition) is 3. The molecule has 0 saturated carbocycles. The summed E-state index contributed by atoms with van der Waals surface area (Å²) in [4.78, 5) is 15.3. The third kappa shape index (κ3) is 4.02. The van der Waals surface area contributed by atoms with Crippen LogP contribution in [0.5, 0.6) is 0 Å². The van der Waals surface area contributed by atoms with Crippen LogP contribution in [-0.4, -0.2) is 25.8 Å². The number of hydrogen-bond donors (Lipinski definition) is 1. The Balaban J connectivity index is 1.87. The minimum absolute atomic E-state index is 0.226. The van der Waals surface area contributed by atoms with Gasteiger partial charge in [0.25, 0.3) is 0 Å². The van der Waals surface area contributed by atoms with Gasteiger partial charge in [-0.2, -0.15) is 8.78 Å². The van der Waals surface area contributed by atoms with Gasteiger partial charge in [0, 0.05) is 13.3 Å². The van der Waals surface area contributed by atoms with Crippen molar-refractivity contribution in [3.8, 4) is 11.1 Å². The molecule has 0 fully saturated rings. The number of aromatic nitrogens is 3. The molecule has 0 unspecified atom stereocenters. The monoisotopic (exact) mass is 371 g/mol. The van der Waals surface area contributed by atoms with Gasteiger partial charge in [0.1, 0.15) is 5.82 Å². The Kier molecular flexibility index (Phi) is 5.03. The van der Waals surface area contributed by atoms with E-state index in [1.54, 1.807) is 24.3 Å². The van der Waals surface area contributed by atoms with Crippen LogP contribution >= 0.6 is 0 Å². The zero-order chi connectivity index (χ0) is 19.6. The van der Waals surface area contributed by atoms with Crippen LogP contribution in [-0.2, 0) is 18.9 Å². The van der Waals surface area contributed by atoms with Crippen molar-refractivity contribution in [2.45, 2.75) is 32.7 Å². The predicted molar refractivity (Wildman–Crippen MR) is 96.9 cm³/mol. The topological polar surface area (TPSA) is 68.0 Å². The summed E-state index contributed by atoms with van der Waals surface area (Å²) in [5.74, 6) is -4.06. The van der Waals surface area contributed by atoms with Crippen LogP contribution in [0.25, 0.3) is 11.1 Å². The summed E-state index contributed by atoms with van der Waals surface area (Å²) in [5.41, 5.74) is 2.48. The molecule has 5 nitrogen and oxygen atoms in total. The van der Waals surface area contributed by atoms with Crippen molar-refractivity contribution in [2.24, 2.45) is 0 Å². The Bertz CT molecular complexity index is 960. The molecule has 2 aromatic carbocycles. The second kappa shape index (κ2) is 7.26. The number of nitrogens with zero attached hydrogens (tertiary/aromatic N) is 3. The number of carbonyl (C=O) groups is 1. The van der Waals surface area contributed by atoms with Crippen LogP contribution in [0.1, 0.15) is 41.4 Å². The summed E-state index contributed by atoms with van der Waals surface area (Å²) >= 11 is 0. The van der Waals surface area contributed by atoms with E-state index in [4.69, 9.17) is 0 Å². The van der Waals surface area contributed by atoms with Crippen molar-refractivity contribution < 1.29 is 18.7 Å². The molecular weight excluding hydrogens is 352 g/mol. The molecule has 0 aliphatic heterocycles. The molecule has 3 aromatic rings. The maximum atomic E-state index is 13.5. The summed E-state index contributed by atoms with van der Waals surface area (Å²) in [6.07, 6.45) is 0.493. The van der Waals surface area contributed by atoms with Crippen LogP contribution in [0, 0.1) is 0 Å². The maximum absolute atomic E-state index is 13.5. The molecule has 0 spiro atoms. The lowest BCUT2D eigenvalue weighted by Crippen LogP contribution is -2.11. The highest BCUT2D eigenvalue weighted by Crippen LogP contribution is 2.26. The number of aromatic carboxylic acids is 1. The van der Waals surface area contributed by atoms with Gasteiger partial charge in [-0.3, -0.25) is 0 Å². The minimum Gasteiger partial charge on any atom is -0.478 e. The van der Waals surface area contributed by atoms with Crippen LogP contribution in [0.4, 0.5) is 8.78 Å². The molecule has 1 aromatic heterocycles. The average Bonchev–Trinajstić information content (AvgIpc) is 3.05. The number of benzene rings is 2. The fourth-order valence-electron chi connectivity index (χ4n) is 2.83. The quantitative estimate of drug-likeness (QED) is 0.699. The molecule has 3 rings (SSSR count). The Hall–Kier alpha value is -3.09. The van der Waals surface area contributed by atoms with Gasteiger partial charge in [-0.1, -0.05) is 49.4 Å². The van der Waals surface area contributed by atoms with Crippen molar-refractivity contribution in [3.05, 3.63) is 71.3 Å². The summed E-state index contributed by atoms with van der Waals surface area (Å²) in [5, 5.41) is 13.3. The van der Waals surface area contributed by atoms with Gasteiger partial charge < -0.3 is 5.11 Å². The minimum atomic E-state index is -3.08. The van der Waals surface area contributed by atoms with Crippen LogP contribution in [0.15, 0.2) is 48.5 Å². The van der Waals surface area contributed by atoms with Gasteiger partial charge in [-0.05, 0) is 22.8 Å². The third-order valence-electron chi connectivity index (χ3n) is 4.21. The van der Waals surface area contributed by atoms with Gasteiger partial charge in [0.05, 0.1) is 12.1 Å². The Morgan fingerprint density at radius 1 is 1.15 bits per heavy atom. The van der Waals surface area contributed by atoms with Gasteiger partial charge in [-0.15, -0.1) is 5.10 Å². The summed E-state index contributed by atoms with van der Waals surface area (Å²) in [7, 11) is 0. The van der Waals surface area contributed by atoms with Gasteiger partial charge in [0.15, 0.2) is 0 Å². The highest BCUT2D eigenvalue weighted by molar-refractivity contribution is 5.95.